The van der Waals surface area contributed by atoms with E-state index in [1.165, 1.54) is 5.56 Å². The topological polar surface area (TPSA) is 47.6 Å². The van der Waals surface area contributed by atoms with E-state index in [9.17, 15) is 4.79 Å². The third-order valence-corrected chi connectivity index (χ3v) is 3.31. The number of ether oxygens (including phenoxy) is 2. The quantitative estimate of drug-likeness (QED) is 0.891. The summed E-state index contributed by atoms with van der Waals surface area (Å²) in [7, 11) is 1.59. The minimum Gasteiger partial charge on any atom is -0.497 e. The number of hydrogen-bond donors (Lipinski definition) is 1. The van der Waals surface area contributed by atoms with Crippen molar-refractivity contribution in [2.45, 2.75) is 26.5 Å². The van der Waals surface area contributed by atoms with Crippen LogP contribution in [0, 0.1) is 6.92 Å². The molecule has 2 aromatic carbocycles. The maximum atomic E-state index is 12.1. The molecule has 4 heteroatoms. The van der Waals surface area contributed by atoms with Gasteiger partial charge in [0.2, 0.25) is 0 Å². The third kappa shape index (κ3) is 4.52. The van der Waals surface area contributed by atoms with Gasteiger partial charge in [-0.15, -0.1) is 0 Å². The van der Waals surface area contributed by atoms with Crippen molar-refractivity contribution in [1.29, 1.82) is 0 Å². The molecule has 0 heterocycles. The minimum absolute atomic E-state index is 0.150. The lowest BCUT2D eigenvalue weighted by atomic mass is 10.1. The molecular formula is C18H21NO3. The van der Waals surface area contributed by atoms with Crippen LogP contribution in [0.2, 0.25) is 0 Å². The molecule has 1 amide bonds. The van der Waals surface area contributed by atoms with Gasteiger partial charge in [-0.05, 0) is 31.5 Å². The molecule has 4 nitrogen and oxygen atoms in total. The van der Waals surface area contributed by atoms with Gasteiger partial charge in [-0.25, -0.2) is 0 Å². The predicted octanol–water partition coefficient (Wildman–Crippen LogP) is 3.09. The molecule has 0 unspecified atom stereocenters. The lowest BCUT2D eigenvalue weighted by Crippen LogP contribution is -2.35. The number of amides is 1. The number of hydrogen-bond acceptors (Lipinski definition) is 3. The summed E-state index contributed by atoms with van der Waals surface area (Å²) >= 11 is 0. The summed E-state index contributed by atoms with van der Waals surface area (Å²) in [5.41, 5.74) is 2.26. The molecule has 0 radical (unpaired) electrons. The Morgan fingerprint density at radius 3 is 2.50 bits per heavy atom. The maximum Gasteiger partial charge on any atom is 0.261 e. The van der Waals surface area contributed by atoms with Gasteiger partial charge < -0.3 is 14.8 Å². The lowest BCUT2D eigenvalue weighted by Gasteiger charge is -2.15. The van der Waals surface area contributed by atoms with E-state index in [2.05, 4.69) is 5.32 Å². The van der Waals surface area contributed by atoms with Gasteiger partial charge in [0.05, 0.1) is 7.11 Å². The van der Waals surface area contributed by atoms with Crippen LogP contribution in [0.4, 0.5) is 0 Å². The Labute approximate surface area is 131 Å². The van der Waals surface area contributed by atoms with Crippen molar-refractivity contribution in [1.82, 2.24) is 5.32 Å². The predicted molar refractivity (Wildman–Crippen MR) is 86.1 cm³/mol. The van der Waals surface area contributed by atoms with Crippen molar-refractivity contribution < 1.29 is 14.3 Å². The summed E-state index contributed by atoms with van der Waals surface area (Å²) in [5.74, 6) is 1.16. The number of nitrogens with one attached hydrogen (secondary N) is 1. The number of methoxy groups -OCH3 is 1. The van der Waals surface area contributed by atoms with Crippen LogP contribution < -0.4 is 14.8 Å². The Morgan fingerprint density at radius 1 is 1.14 bits per heavy atom. The first-order valence-corrected chi connectivity index (χ1v) is 7.22. The third-order valence-electron chi connectivity index (χ3n) is 3.31. The monoisotopic (exact) mass is 299 g/mol. The number of carbonyl (C=O) groups is 1. The van der Waals surface area contributed by atoms with Gasteiger partial charge >= 0.3 is 0 Å². The molecule has 2 rings (SSSR count). The molecule has 116 valence electrons. The molecule has 0 aliphatic heterocycles. The molecule has 0 fully saturated rings. The minimum atomic E-state index is -0.572. The Bertz CT molecular complexity index is 622. The number of benzene rings is 2. The van der Waals surface area contributed by atoms with Crippen LogP contribution in [-0.4, -0.2) is 19.1 Å². The second kappa shape index (κ2) is 7.50. The van der Waals surface area contributed by atoms with E-state index < -0.39 is 6.10 Å². The van der Waals surface area contributed by atoms with Crippen molar-refractivity contribution in [3.05, 3.63) is 59.7 Å². The molecule has 0 aromatic heterocycles. The first-order chi connectivity index (χ1) is 10.6. The van der Waals surface area contributed by atoms with Crippen molar-refractivity contribution in [2.24, 2.45) is 0 Å². The van der Waals surface area contributed by atoms with Crippen LogP contribution in [-0.2, 0) is 11.3 Å². The SMILES string of the molecule is COc1cccc(O[C@@H](C)C(=O)NCc2ccc(C)cc2)c1. The van der Waals surface area contributed by atoms with Gasteiger partial charge in [0, 0.05) is 12.6 Å². The summed E-state index contributed by atoms with van der Waals surface area (Å²) in [6.45, 7) is 4.25. The molecule has 22 heavy (non-hydrogen) atoms. The molecule has 1 atom stereocenters. The smallest absolute Gasteiger partial charge is 0.261 e. The van der Waals surface area contributed by atoms with E-state index in [-0.39, 0.29) is 5.91 Å². The van der Waals surface area contributed by atoms with Gasteiger partial charge in [0.15, 0.2) is 6.10 Å². The van der Waals surface area contributed by atoms with E-state index in [0.717, 1.165) is 5.56 Å². The fourth-order valence-corrected chi connectivity index (χ4v) is 1.97. The highest BCUT2D eigenvalue weighted by molar-refractivity contribution is 5.80. The van der Waals surface area contributed by atoms with E-state index in [1.807, 2.05) is 43.3 Å². The summed E-state index contributed by atoms with van der Waals surface area (Å²) in [6.07, 6.45) is -0.572. The molecular weight excluding hydrogens is 278 g/mol. The highest BCUT2D eigenvalue weighted by Gasteiger charge is 2.14. The maximum absolute atomic E-state index is 12.1. The van der Waals surface area contributed by atoms with Gasteiger partial charge in [-0.1, -0.05) is 35.9 Å². The molecule has 0 saturated heterocycles. The lowest BCUT2D eigenvalue weighted by molar-refractivity contribution is -0.127. The Balaban J connectivity index is 1.87. The molecule has 1 N–H and O–H groups in total. The van der Waals surface area contributed by atoms with E-state index in [0.29, 0.717) is 18.0 Å². The largest absolute Gasteiger partial charge is 0.497 e. The zero-order valence-electron chi connectivity index (χ0n) is 13.1. The van der Waals surface area contributed by atoms with Crippen LogP contribution in [0.3, 0.4) is 0 Å². The standard InChI is InChI=1S/C18H21NO3/c1-13-7-9-15(10-8-13)12-19-18(20)14(2)22-17-6-4-5-16(11-17)21-3/h4-11,14H,12H2,1-3H3,(H,19,20)/t14-/m0/s1. The Morgan fingerprint density at radius 2 is 1.82 bits per heavy atom. The van der Waals surface area contributed by atoms with Crippen molar-refractivity contribution >= 4 is 5.91 Å². The van der Waals surface area contributed by atoms with Gasteiger partial charge in [-0.3, -0.25) is 4.79 Å². The van der Waals surface area contributed by atoms with Crippen molar-refractivity contribution in [2.75, 3.05) is 7.11 Å². The van der Waals surface area contributed by atoms with Gasteiger partial charge in [0.1, 0.15) is 11.5 Å². The molecule has 0 aliphatic carbocycles. The average molecular weight is 299 g/mol. The highest BCUT2D eigenvalue weighted by Crippen LogP contribution is 2.19. The summed E-state index contributed by atoms with van der Waals surface area (Å²) in [5, 5.41) is 2.87. The summed E-state index contributed by atoms with van der Waals surface area (Å²) < 4.78 is 10.8. The van der Waals surface area contributed by atoms with E-state index in [4.69, 9.17) is 9.47 Å². The van der Waals surface area contributed by atoms with Crippen LogP contribution in [0.1, 0.15) is 18.1 Å². The first kappa shape index (κ1) is 15.9. The van der Waals surface area contributed by atoms with E-state index >= 15 is 0 Å². The number of rotatable bonds is 6. The summed E-state index contributed by atoms with van der Waals surface area (Å²) in [4.78, 5) is 12.1. The Kier molecular flexibility index (Phi) is 5.42. The fourth-order valence-electron chi connectivity index (χ4n) is 1.97. The highest BCUT2D eigenvalue weighted by atomic mass is 16.5. The molecule has 0 saturated carbocycles. The molecule has 0 bridgehead atoms. The molecule has 0 aliphatic rings. The Hall–Kier alpha value is -2.49. The van der Waals surface area contributed by atoms with Crippen LogP contribution in [0.15, 0.2) is 48.5 Å². The van der Waals surface area contributed by atoms with Gasteiger partial charge in [-0.2, -0.15) is 0 Å². The van der Waals surface area contributed by atoms with E-state index in [1.54, 1.807) is 26.2 Å². The van der Waals surface area contributed by atoms with Crippen LogP contribution in [0.5, 0.6) is 11.5 Å². The number of carbonyl (C=O) groups excluding carboxylic acids is 1. The average Bonchev–Trinajstić information content (AvgIpc) is 2.54. The normalized spacial score (nSPS) is 11.6. The van der Waals surface area contributed by atoms with Crippen LogP contribution in [0.25, 0.3) is 0 Å². The second-order valence-electron chi connectivity index (χ2n) is 5.14. The molecule has 0 spiro atoms. The zero-order chi connectivity index (χ0) is 15.9. The van der Waals surface area contributed by atoms with Gasteiger partial charge in [0.25, 0.3) is 5.91 Å². The van der Waals surface area contributed by atoms with Crippen molar-refractivity contribution in [3.8, 4) is 11.5 Å². The van der Waals surface area contributed by atoms with Crippen LogP contribution >= 0.6 is 0 Å². The number of aryl methyl sites for hydroxylation is 1. The first-order valence-electron chi connectivity index (χ1n) is 7.22. The second-order valence-corrected chi connectivity index (χ2v) is 5.14. The summed E-state index contributed by atoms with van der Waals surface area (Å²) in [6, 6.07) is 15.3. The van der Waals surface area contributed by atoms with Crippen molar-refractivity contribution in [3.63, 3.8) is 0 Å². The fraction of sp³-hybridized carbons (Fsp3) is 0.278. The molecule has 2 aromatic rings. The zero-order valence-corrected chi connectivity index (χ0v) is 13.1.